The third kappa shape index (κ3) is 4.09. The van der Waals surface area contributed by atoms with Crippen LogP contribution in [0.1, 0.15) is 54.4 Å². The average molecular weight is 379 g/mol. The first-order valence-corrected chi connectivity index (χ1v) is 10.0. The van der Waals surface area contributed by atoms with Crippen molar-refractivity contribution in [2.75, 3.05) is 18.5 Å². The van der Waals surface area contributed by atoms with Gasteiger partial charge in [-0.1, -0.05) is 13.8 Å². The zero-order valence-electron chi connectivity index (χ0n) is 15.4. The fraction of sp³-hybridized carbons (Fsp3) is 0.632. The van der Waals surface area contributed by atoms with Crippen LogP contribution in [0.4, 0.5) is 5.00 Å². The number of fused-ring (bicyclic) bond motifs is 1. The van der Waals surface area contributed by atoms with Crippen molar-refractivity contribution in [3.8, 4) is 0 Å². The van der Waals surface area contributed by atoms with Crippen molar-refractivity contribution >= 4 is 34.2 Å². The molecule has 3 atom stereocenters. The lowest BCUT2D eigenvalue weighted by atomic mass is 9.88. The summed E-state index contributed by atoms with van der Waals surface area (Å²) >= 11 is 1.43. The lowest BCUT2D eigenvalue weighted by molar-refractivity contribution is -0.148. The number of hydrogen-bond acceptors (Lipinski definition) is 6. The highest BCUT2D eigenvalue weighted by molar-refractivity contribution is 7.17. The van der Waals surface area contributed by atoms with Gasteiger partial charge in [0.25, 0.3) is 5.91 Å². The number of nitrogens with one attached hydrogen (secondary N) is 1. The molecule has 6 nitrogen and oxygen atoms in total. The Morgan fingerprint density at radius 3 is 2.62 bits per heavy atom. The number of carbonyl (C=O) groups is 3. The van der Waals surface area contributed by atoms with E-state index in [2.05, 4.69) is 12.2 Å². The van der Waals surface area contributed by atoms with Crippen LogP contribution in [0.15, 0.2) is 0 Å². The molecule has 0 spiro atoms. The number of esters is 2. The van der Waals surface area contributed by atoms with Crippen molar-refractivity contribution in [1.82, 2.24) is 0 Å². The Morgan fingerprint density at radius 2 is 1.96 bits per heavy atom. The molecule has 1 aromatic rings. The zero-order chi connectivity index (χ0) is 18.8. The maximum atomic E-state index is 12.4. The lowest BCUT2D eigenvalue weighted by Gasteiger charge is -2.18. The van der Waals surface area contributed by atoms with E-state index >= 15 is 0 Å². The number of anilines is 1. The van der Waals surface area contributed by atoms with E-state index in [0.717, 1.165) is 36.1 Å². The van der Waals surface area contributed by atoms with Crippen molar-refractivity contribution in [2.24, 2.45) is 17.8 Å². The Balaban J connectivity index is 1.70. The Morgan fingerprint density at radius 1 is 1.23 bits per heavy atom. The predicted molar refractivity (Wildman–Crippen MR) is 98.3 cm³/mol. The van der Waals surface area contributed by atoms with Gasteiger partial charge in [0.2, 0.25) is 0 Å². The monoisotopic (exact) mass is 379 g/mol. The van der Waals surface area contributed by atoms with Crippen LogP contribution in [0.2, 0.25) is 0 Å². The summed E-state index contributed by atoms with van der Waals surface area (Å²) in [6, 6.07) is 0. The smallest absolute Gasteiger partial charge is 0.341 e. The highest BCUT2D eigenvalue weighted by Crippen LogP contribution is 2.40. The number of carbonyl (C=O) groups excluding carboxylic acids is 3. The van der Waals surface area contributed by atoms with Crippen LogP contribution in [-0.4, -0.2) is 31.1 Å². The summed E-state index contributed by atoms with van der Waals surface area (Å²) in [6.07, 6.45) is 3.55. The number of rotatable bonds is 6. The van der Waals surface area contributed by atoms with Crippen molar-refractivity contribution in [1.29, 1.82) is 0 Å². The minimum absolute atomic E-state index is 0.0755. The molecule has 7 heteroatoms. The van der Waals surface area contributed by atoms with E-state index in [4.69, 9.17) is 9.47 Å². The van der Waals surface area contributed by atoms with Gasteiger partial charge in [0, 0.05) is 4.88 Å². The number of amides is 1. The van der Waals surface area contributed by atoms with E-state index in [1.807, 2.05) is 6.92 Å². The second-order valence-corrected chi connectivity index (χ2v) is 8.36. The van der Waals surface area contributed by atoms with Gasteiger partial charge in [-0.2, -0.15) is 0 Å². The molecule has 1 amide bonds. The zero-order valence-corrected chi connectivity index (χ0v) is 16.2. The van der Waals surface area contributed by atoms with Gasteiger partial charge >= 0.3 is 11.9 Å². The molecule has 0 saturated heterocycles. The van der Waals surface area contributed by atoms with Gasteiger partial charge in [-0.15, -0.1) is 11.3 Å². The minimum Gasteiger partial charge on any atom is -0.462 e. The first kappa shape index (κ1) is 18.9. The van der Waals surface area contributed by atoms with Crippen LogP contribution in [0, 0.1) is 17.8 Å². The van der Waals surface area contributed by atoms with Crippen LogP contribution < -0.4 is 5.32 Å². The van der Waals surface area contributed by atoms with Crippen LogP contribution in [0.3, 0.4) is 0 Å². The fourth-order valence-electron chi connectivity index (χ4n) is 3.31. The molecule has 2 aliphatic rings. The van der Waals surface area contributed by atoms with Gasteiger partial charge in [0.05, 0.1) is 18.1 Å². The summed E-state index contributed by atoms with van der Waals surface area (Å²) in [5, 5.41) is 3.25. The van der Waals surface area contributed by atoms with E-state index in [1.165, 1.54) is 11.3 Å². The van der Waals surface area contributed by atoms with Crippen molar-refractivity contribution in [3.05, 3.63) is 16.0 Å². The highest BCUT2D eigenvalue weighted by atomic mass is 32.1. The topological polar surface area (TPSA) is 81.7 Å². The Hall–Kier alpha value is -1.89. The number of thiophene rings is 1. The molecule has 2 aliphatic carbocycles. The van der Waals surface area contributed by atoms with Gasteiger partial charge in [-0.3, -0.25) is 9.59 Å². The summed E-state index contributed by atoms with van der Waals surface area (Å²) in [7, 11) is 0. The molecule has 1 heterocycles. The fourth-order valence-corrected chi connectivity index (χ4v) is 4.73. The van der Waals surface area contributed by atoms with Gasteiger partial charge < -0.3 is 14.8 Å². The van der Waals surface area contributed by atoms with E-state index in [9.17, 15) is 14.4 Å². The molecule has 142 valence electrons. The molecule has 0 radical (unpaired) electrons. The normalized spacial score (nSPS) is 23.7. The molecule has 1 N–H and O–H groups in total. The van der Waals surface area contributed by atoms with Crippen molar-refractivity contribution in [3.63, 3.8) is 0 Å². The minimum atomic E-state index is -0.427. The van der Waals surface area contributed by atoms with Gasteiger partial charge in [-0.05, 0) is 50.0 Å². The molecule has 0 bridgehead atoms. The van der Waals surface area contributed by atoms with E-state index in [0.29, 0.717) is 22.4 Å². The Kier molecular flexibility index (Phi) is 5.65. The van der Waals surface area contributed by atoms with E-state index in [-0.39, 0.29) is 25.1 Å². The van der Waals surface area contributed by atoms with Crippen LogP contribution in [-0.2, 0) is 31.9 Å². The molecular formula is C19H25NO5S. The summed E-state index contributed by atoms with van der Waals surface area (Å²) in [6.45, 7) is 5.88. The summed E-state index contributed by atoms with van der Waals surface area (Å²) in [4.78, 5) is 37.5. The third-order valence-corrected chi connectivity index (χ3v) is 6.17. The molecule has 1 aromatic heterocycles. The quantitative estimate of drug-likeness (QED) is 0.768. The predicted octanol–water partition coefficient (Wildman–Crippen LogP) is 3.19. The standard InChI is InChI=1S/C19H25NO5S/c1-4-24-19(23)16-12-6-5-10(2)7-14(12)26-17(16)20-15(21)9-25-18(22)13-8-11(13)3/h10-11,13H,4-9H2,1-3H3,(H,20,21)/t10-,11-,13-/m1/s1. The third-order valence-electron chi connectivity index (χ3n) is 5.00. The summed E-state index contributed by atoms with van der Waals surface area (Å²) in [5.74, 6) is -0.332. The molecule has 1 saturated carbocycles. The molecule has 1 fully saturated rings. The summed E-state index contributed by atoms with van der Waals surface area (Å²) < 4.78 is 10.3. The maximum absolute atomic E-state index is 12.4. The Bertz CT molecular complexity index is 726. The second kappa shape index (κ2) is 7.78. The summed E-state index contributed by atoms with van der Waals surface area (Å²) in [5.41, 5.74) is 1.46. The van der Waals surface area contributed by atoms with E-state index in [1.54, 1.807) is 6.92 Å². The number of hydrogen-bond donors (Lipinski definition) is 1. The van der Waals surface area contributed by atoms with Crippen molar-refractivity contribution < 1.29 is 23.9 Å². The van der Waals surface area contributed by atoms with E-state index < -0.39 is 11.9 Å². The molecular weight excluding hydrogens is 354 g/mol. The second-order valence-electron chi connectivity index (χ2n) is 7.25. The average Bonchev–Trinajstić information content (AvgIpc) is 3.21. The molecule has 26 heavy (non-hydrogen) atoms. The molecule has 0 aromatic carbocycles. The Labute approximate surface area is 157 Å². The SMILES string of the molecule is CCOC(=O)c1c(NC(=O)COC(=O)[C@@H]2C[C@H]2C)sc2c1CC[C@@H](C)C2. The van der Waals surface area contributed by atoms with Crippen LogP contribution in [0.5, 0.6) is 0 Å². The first-order chi connectivity index (χ1) is 12.4. The first-order valence-electron chi connectivity index (χ1n) is 9.18. The van der Waals surface area contributed by atoms with Crippen LogP contribution in [0.25, 0.3) is 0 Å². The molecule has 0 unspecified atom stereocenters. The van der Waals surface area contributed by atoms with Crippen molar-refractivity contribution in [2.45, 2.75) is 46.5 Å². The molecule has 3 rings (SSSR count). The van der Waals surface area contributed by atoms with Gasteiger partial charge in [0.1, 0.15) is 5.00 Å². The lowest BCUT2D eigenvalue weighted by Crippen LogP contribution is -2.22. The highest BCUT2D eigenvalue weighted by Gasteiger charge is 2.40. The van der Waals surface area contributed by atoms with Gasteiger partial charge in [0.15, 0.2) is 6.61 Å². The maximum Gasteiger partial charge on any atom is 0.341 e. The molecule has 0 aliphatic heterocycles. The number of ether oxygens (including phenoxy) is 2. The van der Waals surface area contributed by atoms with Crippen LogP contribution >= 0.6 is 11.3 Å². The van der Waals surface area contributed by atoms with Gasteiger partial charge in [-0.25, -0.2) is 4.79 Å². The largest absolute Gasteiger partial charge is 0.462 e.